The van der Waals surface area contributed by atoms with Crippen LogP contribution in [0.4, 0.5) is 5.13 Å². The lowest BCUT2D eigenvalue weighted by Gasteiger charge is -2.22. The lowest BCUT2D eigenvalue weighted by molar-refractivity contribution is -0.118. The number of anilines is 1. The number of fused-ring (bicyclic) bond motifs is 1. The third kappa shape index (κ3) is 6.11. The maximum atomic E-state index is 13.0. The Balaban J connectivity index is 1.62. The summed E-state index contributed by atoms with van der Waals surface area (Å²) in [5.74, 6) is 1.83. The van der Waals surface area contributed by atoms with Gasteiger partial charge in [-0.3, -0.25) is 9.69 Å². The smallest absolute Gasteiger partial charge is 0.228 e. The van der Waals surface area contributed by atoms with Gasteiger partial charge in [-0.05, 0) is 62.7 Å². The normalized spacial score (nSPS) is 11.2. The predicted octanol–water partition coefficient (Wildman–Crippen LogP) is 5.43. The van der Waals surface area contributed by atoms with Crippen LogP contribution < -0.4 is 9.64 Å². The summed E-state index contributed by atoms with van der Waals surface area (Å²) in [6.45, 7) is 1.38. The number of amides is 1. The molecule has 0 atom stereocenters. The van der Waals surface area contributed by atoms with Crippen LogP contribution in [-0.2, 0) is 4.79 Å². The van der Waals surface area contributed by atoms with Gasteiger partial charge in [-0.25, -0.2) is 4.98 Å². The van der Waals surface area contributed by atoms with Crippen LogP contribution in [-0.4, -0.2) is 55.8 Å². The van der Waals surface area contributed by atoms with Gasteiger partial charge in [0.1, 0.15) is 11.3 Å². The summed E-state index contributed by atoms with van der Waals surface area (Å²) in [5.41, 5.74) is 0.761. The monoisotopic (exact) mass is 463 g/mol. The first-order valence-electron chi connectivity index (χ1n) is 9.75. The Kier molecular flexibility index (Phi) is 8.39. The number of hydrogen-bond donors (Lipinski definition) is 0. The largest absolute Gasteiger partial charge is 0.497 e. The predicted molar refractivity (Wildman–Crippen MR) is 128 cm³/mol. The van der Waals surface area contributed by atoms with E-state index in [1.54, 1.807) is 23.8 Å². The number of methoxy groups -OCH3 is 1. The number of hydrogen-bond acceptors (Lipinski definition) is 6. The number of thiazole rings is 1. The fourth-order valence-corrected chi connectivity index (χ4v) is 5.03. The molecule has 0 N–H and O–H groups in total. The summed E-state index contributed by atoms with van der Waals surface area (Å²) < 4.78 is 6.18. The number of ether oxygens (including phenoxy) is 1. The van der Waals surface area contributed by atoms with E-state index in [1.165, 1.54) is 16.2 Å². The Morgan fingerprint density at radius 1 is 1.17 bits per heavy atom. The maximum absolute atomic E-state index is 13.0. The molecule has 2 aromatic carbocycles. The molecule has 0 spiro atoms. The van der Waals surface area contributed by atoms with Crippen LogP contribution in [0.15, 0.2) is 47.4 Å². The van der Waals surface area contributed by atoms with Gasteiger partial charge >= 0.3 is 0 Å². The summed E-state index contributed by atoms with van der Waals surface area (Å²) in [4.78, 5) is 22.7. The third-order valence-corrected chi connectivity index (χ3v) is 6.97. The van der Waals surface area contributed by atoms with Crippen molar-refractivity contribution in [3.05, 3.63) is 47.5 Å². The second-order valence-corrected chi connectivity index (χ2v) is 9.64. The van der Waals surface area contributed by atoms with E-state index in [0.29, 0.717) is 23.1 Å². The molecule has 3 rings (SSSR count). The highest BCUT2D eigenvalue weighted by Gasteiger charge is 2.20. The SMILES string of the molecule is COc1ccc(SCCCC(=O)N(CCN(C)C)c2nc3c(Cl)cccc3s2)cc1. The van der Waals surface area contributed by atoms with Gasteiger partial charge in [-0.2, -0.15) is 0 Å². The molecule has 0 bridgehead atoms. The van der Waals surface area contributed by atoms with E-state index in [-0.39, 0.29) is 5.91 Å². The third-order valence-electron chi connectivity index (χ3n) is 4.52. The molecule has 0 fully saturated rings. The fourth-order valence-electron chi connectivity index (χ4n) is 2.87. The number of nitrogens with zero attached hydrogens (tertiary/aromatic N) is 3. The first kappa shape index (κ1) is 22.9. The lowest BCUT2D eigenvalue weighted by atomic mass is 10.3. The number of rotatable bonds is 10. The number of halogens is 1. The molecule has 8 heteroatoms. The zero-order chi connectivity index (χ0) is 21.5. The number of likely N-dealkylation sites (N-methyl/N-ethyl adjacent to an activating group) is 1. The molecule has 5 nitrogen and oxygen atoms in total. The molecule has 160 valence electrons. The van der Waals surface area contributed by atoms with E-state index < -0.39 is 0 Å². The number of benzene rings is 2. The summed E-state index contributed by atoms with van der Waals surface area (Å²) in [7, 11) is 5.67. The van der Waals surface area contributed by atoms with E-state index in [9.17, 15) is 4.79 Å². The molecule has 3 aromatic rings. The van der Waals surface area contributed by atoms with Crippen molar-refractivity contribution < 1.29 is 9.53 Å². The molecular weight excluding hydrogens is 438 g/mol. The average molecular weight is 464 g/mol. The van der Waals surface area contributed by atoms with Crippen LogP contribution >= 0.6 is 34.7 Å². The summed E-state index contributed by atoms with van der Waals surface area (Å²) in [6.07, 6.45) is 1.29. The number of carbonyl (C=O) groups is 1. The molecule has 0 aliphatic carbocycles. The van der Waals surface area contributed by atoms with Gasteiger partial charge in [-0.15, -0.1) is 11.8 Å². The minimum atomic E-state index is 0.0994. The second kappa shape index (κ2) is 11.0. The summed E-state index contributed by atoms with van der Waals surface area (Å²) in [5, 5.41) is 1.33. The van der Waals surface area contributed by atoms with Crippen LogP contribution in [0.3, 0.4) is 0 Å². The van der Waals surface area contributed by atoms with Gasteiger partial charge in [0.25, 0.3) is 0 Å². The molecule has 1 heterocycles. The van der Waals surface area contributed by atoms with Crippen LogP contribution in [0.25, 0.3) is 10.2 Å². The minimum Gasteiger partial charge on any atom is -0.497 e. The molecular formula is C22H26ClN3O2S2. The zero-order valence-electron chi connectivity index (χ0n) is 17.4. The first-order chi connectivity index (χ1) is 14.5. The molecule has 0 aliphatic rings. The molecule has 0 saturated carbocycles. The topological polar surface area (TPSA) is 45.7 Å². The summed E-state index contributed by atoms with van der Waals surface area (Å²) in [6, 6.07) is 13.7. The highest BCUT2D eigenvalue weighted by molar-refractivity contribution is 7.99. The van der Waals surface area contributed by atoms with Crippen molar-refractivity contribution in [2.75, 3.05) is 44.9 Å². The Bertz CT molecular complexity index is 976. The second-order valence-electron chi connectivity index (χ2n) is 7.06. The van der Waals surface area contributed by atoms with Crippen molar-refractivity contribution >= 4 is 56.0 Å². The van der Waals surface area contributed by atoms with E-state index in [1.807, 2.05) is 56.6 Å². The highest BCUT2D eigenvalue weighted by Crippen LogP contribution is 2.33. The Labute approximate surface area is 191 Å². The molecule has 1 amide bonds. The maximum Gasteiger partial charge on any atom is 0.228 e. The van der Waals surface area contributed by atoms with Gasteiger partial charge in [0.2, 0.25) is 5.91 Å². The first-order valence-corrected chi connectivity index (χ1v) is 11.9. The van der Waals surface area contributed by atoms with Crippen LogP contribution in [0.2, 0.25) is 5.02 Å². The van der Waals surface area contributed by atoms with E-state index in [0.717, 1.165) is 34.7 Å². The Morgan fingerprint density at radius 2 is 1.93 bits per heavy atom. The van der Waals surface area contributed by atoms with Crippen LogP contribution in [0.5, 0.6) is 5.75 Å². The molecule has 0 radical (unpaired) electrons. The summed E-state index contributed by atoms with van der Waals surface area (Å²) >= 11 is 9.54. The van der Waals surface area contributed by atoms with Crippen molar-refractivity contribution in [2.24, 2.45) is 0 Å². The van der Waals surface area contributed by atoms with Gasteiger partial charge < -0.3 is 9.64 Å². The van der Waals surface area contributed by atoms with Gasteiger partial charge in [-0.1, -0.05) is 29.0 Å². The van der Waals surface area contributed by atoms with Crippen molar-refractivity contribution in [3.63, 3.8) is 0 Å². The van der Waals surface area contributed by atoms with Crippen molar-refractivity contribution in [1.29, 1.82) is 0 Å². The standard InChI is InChI=1S/C22H26ClN3O2S2/c1-25(2)13-14-26(22-24-21-18(23)6-4-7-19(21)30-22)20(27)8-5-15-29-17-11-9-16(28-3)10-12-17/h4,6-7,9-12H,5,8,13-15H2,1-3H3. The quantitative estimate of drug-likeness (QED) is 0.296. The lowest BCUT2D eigenvalue weighted by Crippen LogP contribution is -2.36. The Hall–Kier alpha value is -1.80. The van der Waals surface area contributed by atoms with Gasteiger partial charge in [0.15, 0.2) is 5.13 Å². The van der Waals surface area contributed by atoms with Crippen molar-refractivity contribution in [2.45, 2.75) is 17.7 Å². The van der Waals surface area contributed by atoms with E-state index >= 15 is 0 Å². The fraction of sp³-hybridized carbons (Fsp3) is 0.364. The van der Waals surface area contributed by atoms with Crippen molar-refractivity contribution in [3.8, 4) is 5.75 Å². The number of aromatic nitrogens is 1. The Morgan fingerprint density at radius 3 is 2.60 bits per heavy atom. The molecule has 0 unspecified atom stereocenters. The number of para-hydroxylation sites is 1. The highest BCUT2D eigenvalue weighted by atomic mass is 35.5. The molecule has 1 aromatic heterocycles. The number of carbonyl (C=O) groups excluding carboxylic acids is 1. The van der Waals surface area contributed by atoms with Crippen LogP contribution in [0.1, 0.15) is 12.8 Å². The van der Waals surface area contributed by atoms with Crippen molar-refractivity contribution in [1.82, 2.24) is 9.88 Å². The van der Waals surface area contributed by atoms with E-state index in [4.69, 9.17) is 16.3 Å². The molecule has 0 saturated heterocycles. The zero-order valence-corrected chi connectivity index (χ0v) is 19.8. The van der Waals surface area contributed by atoms with Gasteiger partial charge in [0, 0.05) is 24.4 Å². The van der Waals surface area contributed by atoms with Crippen LogP contribution in [0, 0.1) is 0 Å². The number of thioether (sulfide) groups is 1. The molecule has 30 heavy (non-hydrogen) atoms. The average Bonchev–Trinajstić information content (AvgIpc) is 3.17. The van der Waals surface area contributed by atoms with E-state index in [2.05, 4.69) is 9.88 Å². The van der Waals surface area contributed by atoms with Gasteiger partial charge in [0.05, 0.1) is 16.8 Å². The minimum absolute atomic E-state index is 0.0994. The molecule has 0 aliphatic heterocycles.